The van der Waals surface area contributed by atoms with Crippen molar-refractivity contribution in [3.8, 4) is 0 Å². The van der Waals surface area contributed by atoms with E-state index in [4.69, 9.17) is 11.6 Å². The number of rotatable bonds is 6. The van der Waals surface area contributed by atoms with Crippen molar-refractivity contribution in [1.29, 1.82) is 0 Å². The van der Waals surface area contributed by atoms with Crippen LogP contribution in [0.15, 0.2) is 48.5 Å². The van der Waals surface area contributed by atoms with Crippen molar-refractivity contribution in [3.63, 3.8) is 0 Å². The van der Waals surface area contributed by atoms with Crippen LogP contribution in [-0.2, 0) is 16.0 Å². The molecule has 0 aliphatic rings. The van der Waals surface area contributed by atoms with E-state index in [-0.39, 0.29) is 22.6 Å². The number of amides is 2. The van der Waals surface area contributed by atoms with Gasteiger partial charge in [0, 0.05) is 24.6 Å². The number of carbonyl (C=O) groups is 3. The molecule has 2 N–H and O–H groups in total. The van der Waals surface area contributed by atoms with Gasteiger partial charge in [-0.1, -0.05) is 41.9 Å². The van der Waals surface area contributed by atoms with E-state index in [0.29, 0.717) is 17.7 Å². The first-order valence-corrected chi connectivity index (χ1v) is 8.17. The molecule has 0 unspecified atom stereocenters. The van der Waals surface area contributed by atoms with Crippen molar-refractivity contribution in [2.24, 2.45) is 0 Å². The second-order valence-corrected chi connectivity index (χ2v) is 6.09. The van der Waals surface area contributed by atoms with Crippen LogP contribution >= 0.6 is 11.6 Å². The number of benzene rings is 2. The first kappa shape index (κ1) is 18.7. The number of carbonyl (C=O) groups excluding carboxylic acids is 3. The Morgan fingerprint density at radius 1 is 1.04 bits per heavy atom. The zero-order valence-electron chi connectivity index (χ0n) is 14.0. The van der Waals surface area contributed by atoms with Crippen LogP contribution in [-0.4, -0.2) is 23.6 Å². The van der Waals surface area contributed by atoms with Gasteiger partial charge in [-0.05, 0) is 30.7 Å². The van der Waals surface area contributed by atoms with Gasteiger partial charge in [-0.2, -0.15) is 0 Å². The summed E-state index contributed by atoms with van der Waals surface area (Å²) < 4.78 is 0. The summed E-state index contributed by atoms with van der Waals surface area (Å²) in [7, 11) is 0. The van der Waals surface area contributed by atoms with Crippen LogP contribution < -0.4 is 10.6 Å². The molecule has 130 valence electrons. The smallest absolute Gasteiger partial charge is 0.247 e. The topological polar surface area (TPSA) is 75.3 Å². The number of hydrogen-bond acceptors (Lipinski definition) is 3. The molecule has 2 aromatic carbocycles. The molecule has 0 heterocycles. The average molecular weight is 359 g/mol. The average Bonchev–Trinajstić information content (AvgIpc) is 2.54. The maximum Gasteiger partial charge on any atom is 0.247 e. The van der Waals surface area contributed by atoms with Gasteiger partial charge in [0.1, 0.15) is 6.04 Å². The third kappa shape index (κ3) is 5.43. The number of anilines is 1. The minimum atomic E-state index is -0.717. The molecule has 2 aromatic rings. The quantitative estimate of drug-likeness (QED) is 0.778. The lowest BCUT2D eigenvalue weighted by molar-refractivity contribution is -0.125. The Labute approximate surface area is 151 Å². The van der Waals surface area contributed by atoms with Crippen molar-refractivity contribution < 1.29 is 14.4 Å². The van der Waals surface area contributed by atoms with Crippen molar-refractivity contribution in [1.82, 2.24) is 5.32 Å². The van der Waals surface area contributed by atoms with Gasteiger partial charge in [0.05, 0.1) is 5.02 Å². The van der Waals surface area contributed by atoms with Crippen molar-refractivity contribution in [3.05, 3.63) is 64.7 Å². The summed E-state index contributed by atoms with van der Waals surface area (Å²) in [6, 6.07) is 13.4. The highest BCUT2D eigenvalue weighted by Crippen LogP contribution is 2.21. The molecule has 0 fully saturated rings. The SMILES string of the molecule is CC(=O)N[C@H](Cc1ccccc1)C(=O)Nc1ccc(C(C)=O)c(Cl)c1. The molecule has 0 aromatic heterocycles. The predicted octanol–water partition coefficient (Wildman–Crippen LogP) is 3.23. The monoisotopic (exact) mass is 358 g/mol. The Morgan fingerprint density at radius 3 is 2.28 bits per heavy atom. The summed E-state index contributed by atoms with van der Waals surface area (Å²) in [6.07, 6.45) is 0.367. The third-order valence-corrected chi connectivity index (χ3v) is 3.91. The Balaban J connectivity index is 2.15. The first-order valence-electron chi connectivity index (χ1n) is 7.79. The molecular formula is C19H19ClN2O3. The summed E-state index contributed by atoms with van der Waals surface area (Å²) in [4.78, 5) is 35.4. The summed E-state index contributed by atoms with van der Waals surface area (Å²) in [5.41, 5.74) is 1.78. The Hall–Kier alpha value is -2.66. The lowest BCUT2D eigenvalue weighted by atomic mass is 10.0. The number of ketones is 1. The molecule has 0 saturated heterocycles. The van der Waals surface area contributed by atoms with Gasteiger partial charge in [-0.15, -0.1) is 0 Å². The van der Waals surface area contributed by atoms with Crippen LogP contribution in [0.1, 0.15) is 29.8 Å². The van der Waals surface area contributed by atoms with E-state index in [1.54, 1.807) is 12.1 Å². The van der Waals surface area contributed by atoms with Gasteiger partial charge in [-0.3, -0.25) is 14.4 Å². The Kier molecular flexibility index (Phi) is 6.31. The molecule has 2 rings (SSSR count). The number of halogens is 1. The number of hydrogen-bond donors (Lipinski definition) is 2. The van der Waals surface area contributed by atoms with E-state index in [1.165, 1.54) is 19.9 Å². The largest absolute Gasteiger partial charge is 0.344 e. The van der Waals surface area contributed by atoms with Gasteiger partial charge in [-0.25, -0.2) is 0 Å². The standard InChI is InChI=1S/C19H19ClN2O3/c1-12(23)16-9-8-15(11-17(16)20)22-19(25)18(21-13(2)24)10-14-6-4-3-5-7-14/h3-9,11,18H,10H2,1-2H3,(H,21,24)(H,22,25)/t18-/m1/s1. The predicted molar refractivity (Wildman–Crippen MR) is 97.8 cm³/mol. The summed E-state index contributed by atoms with van der Waals surface area (Å²) in [6.45, 7) is 2.79. The normalized spacial score (nSPS) is 11.5. The Bertz CT molecular complexity index is 791. The van der Waals surface area contributed by atoms with Gasteiger partial charge >= 0.3 is 0 Å². The lowest BCUT2D eigenvalue weighted by Gasteiger charge is -2.18. The van der Waals surface area contributed by atoms with E-state index in [9.17, 15) is 14.4 Å². The van der Waals surface area contributed by atoms with Gasteiger partial charge in [0.2, 0.25) is 11.8 Å². The summed E-state index contributed by atoms with van der Waals surface area (Å²) >= 11 is 6.06. The van der Waals surface area contributed by atoms with Crippen molar-refractivity contribution in [2.45, 2.75) is 26.3 Å². The molecular weight excluding hydrogens is 340 g/mol. The summed E-state index contributed by atoms with van der Waals surface area (Å²) in [5.74, 6) is -0.796. The van der Waals surface area contributed by atoms with E-state index in [2.05, 4.69) is 10.6 Å². The molecule has 0 radical (unpaired) electrons. The highest BCUT2D eigenvalue weighted by Gasteiger charge is 2.20. The molecule has 0 saturated carbocycles. The molecule has 0 aliphatic heterocycles. The second-order valence-electron chi connectivity index (χ2n) is 5.68. The Morgan fingerprint density at radius 2 is 1.72 bits per heavy atom. The van der Waals surface area contributed by atoms with E-state index in [0.717, 1.165) is 5.56 Å². The molecule has 25 heavy (non-hydrogen) atoms. The van der Waals surface area contributed by atoms with Crippen LogP contribution in [0.5, 0.6) is 0 Å². The maximum atomic E-state index is 12.5. The van der Waals surface area contributed by atoms with Gasteiger partial charge in [0.15, 0.2) is 5.78 Å². The van der Waals surface area contributed by atoms with Crippen LogP contribution in [0.4, 0.5) is 5.69 Å². The third-order valence-electron chi connectivity index (χ3n) is 3.59. The highest BCUT2D eigenvalue weighted by molar-refractivity contribution is 6.34. The fraction of sp³-hybridized carbons (Fsp3) is 0.211. The lowest BCUT2D eigenvalue weighted by Crippen LogP contribution is -2.44. The fourth-order valence-electron chi connectivity index (χ4n) is 2.41. The molecule has 0 spiro atoms. The van der Waals surface area contributed by atoms with Gasteiger partial charge < -0.3 is 10.6 Å². The van der Waals surface area contributed by atoms with Crippen molar-refractivity contribution in [2.75, 3.05) is 5.32 Å². The first-order chi connectivity index (χ1) is 11.9. The zero-order valence-corrected chi connectivity index (χ0v) is 14.8. The van der Waals surface area contributed by atoms with E-state index >= 15 is 0 Å². The van der Waals surface area contributed by atoms with Crippen LogP contribution in [0.25, 0.3) is 0 Å². The molecule has 6 heteroatoms. The highest BCUT2D eigenvalue weighted by atomic mass is 35.5. The summed E-state index contributed by atoms with van der Waals surface area (Å²) in [5, 5.41) is 5.65. The molecule has 2 amide bonds. The minimum absolute atomic E-state index is 0.150. The number of nitrogens with one attached hydrogen (secondary N) is 2. The molecule has 0 bridgehead atoms. The van der Waals surface area contributed by atoms with E-state index in [1.807, 2.05) is 30.3 Å². The van der Waals surface area contributed by atoms with E-state index < -0.39 is 6.04 Å². The maximum absolute atomic E-state index is 12.5. The zero-order chi connectivity index (χ0) is 18.4. The van der Waals surface area contributed by atoms with Crippen LogP contribution in [0, 0.1) is 0 Å². The molecule has 5 nitrogen and oxygen atoms in total. The molecule has 1 atom stereocenters. The number of Topliss-reactive ketones (excluding diaryl/α,β-unsaturated/α-hetero) is 1. The van der Waals surface area contributed by atoms with Crippen molar-refractivity contribution >= 4 is 34.9 Å². The fourth-order valence-corrected chi connectivity index (χ4v) is 2.73. The minimum Gasteiger partial charge on any atom is -0.344 e. The molecule has 0 aliphatic carbocycles. The van der Waals surface area contributed by atoms with Gasteiger partial charge in [0.25, 0.3) is 0 Å². The van der Waals surface area contributed by atoms with Crippen LogP contribution in [0.2, 0.25) is 5.02 Å². The second kappa shape index (κ2) is 8.44. The van der Waals surface area contributed by atoms with Crippen LogP contribution in [0.3, 0.4) is 0 Å².